The Morgan fingerprint density at radius 3 is 2.21 bits per heavy atom. The van der Waals surface area contributed by atoms with E-state index in [4.69, 9.17) is 9.47 Å². The molecule has 0 aliphatic carbocycles. The van der Waals surface area contributed by atoms with Crippen LogP contribution >= 0.6 is 22.6 Å². The number of ether oxygens (including phenoxy) is 3. The number of nitrogens with zero attached hydrogens (tertiary/aromatic N) is 1. The first-order valence-corrected chi connectivity index (χ1v) is 10.7. The van der Waals surface area contributed by atoms with Gasteiger partial charge in [0.05, 0.1) is 26.0 Å². The molecule has 33 heavy (non-hydrogen) atoms. The number of aromatic nitrogens is 1. The molecular weight excluding hydrogens is 571 g/mol. The van der Waals surface area contributed by atoms with Crippen LogP contribution in [0.1, 0.15) is 29.2 Å². The van der Waals surface area contributed by atoms with Gasteiger partial charge in [-0.2, -0.15) is 26.3 Å². The minimum absolute atomic E-state index is 0.0318. The minimum atomic E-state index is -5.13. The molecule has 182 valence electrons. The third kappa shape index (κ3) is 8.41. The highest BCUT2D eigenvalue weighted by molar-refractivity contribution is 14.1. The van der Waals surface area contributed by atoms with Crippen LogP contribution in [0.25, 0.3) is 5.57 Å². The quantitative estimate of drug-likeness (QED) is 0.0987. The Kier molecular flexibility index (Phi) is 10.9. The topological polar surface area (TPSA) is 57.7 Å². The summed E-state index contributed by atoms with van der Waals surface area (Å²) in [5.41, 5.74) is -2.77. The lowest BCUT2D eigenvalue weighted by atomic mass is 10.0. The molecule has 1 aromatic heterocycles. The van der Waals surface area contributed by atoms with Gasteiger partial charge in [0.15, 0.2) is 0 Å². The van der Waals surface area contributed by atoms with Crippen LogP contribution < -0.4 is 4.74 Å². The van der Waals surface area contributed by atoms with Crippen LogP contribution in [0, 0.1) is 0 Å². The van der Waals surface area contributed by atoms with Crippen LogP contribution in [0.15, 0.2) is 42.8 Å². The number of hydrogen-bond donors (Lipinski definition) is 0. The zero-order valence-corrected chi connectivity index (χ0v) is 19.8. The summed E-state index contributed by atoms with van der Waals surface area (Å²) in [6.45, 7) is 1.59. The van der Waals surface area contributed by atoms with Gasteiger partial charge in [0.2, 0.25) is 5.88 Å². The highest BCUT2D eigenvalue weighted by Gasteiger charge is 2.40. The first kappa shape index (κ1) is 28.5. The average molecular weight is 591 g/mol. The van der Waals surface area contributed by atoms with E-state index in [0.29, 0.717) is 0 Å². The van der Waals surface area contributed by atoms with Gasteiger partial charge in [0.25, 0.3) is 0 Å². The Balaban J connectivity index is 0.00000172. The molecule has 0 amide bonds. The maximum atomic E-state index is 13.2. The summed E-state index contributed by atoms with van der Waals surface area (Å²) in [4.78, 5) is 15.2. The number of methoxy groups -OCH3 is 2. The molecule has 1 heterocycles. The van der Waals surface area contributed by atoms with Gasteiger partial charge in [-0.1, -0.05) is 53.8 Å². The molecule has 2 rings (SSSR count). The molecule has 5 nitrogen and oxygen atoms in total. The van der Waals surface area contributed by atoms with Gasteiger partial charge >= 0.3 is 18.3 Å². The van der Waals surface area contributed by atoms with Crippen LogP contribution in [0.4, 0.5) is 26.3 Å². The van der Waals surface area contributed by atoms with Gasteiger partial charge in [0.1, 0.15) is 17.7 Å². The van der Waals surface area contributed by atoms with Gasteiger partial charge in [-0.25, -0.2) is 9.78 Å². The maximum absolute atomic E-state index is 13.2. The van der Waals surface area contributed by atoms with E-state index in [0.717, 1.165) is 13.4 Å². The van der Waals surface area contributed by atoms with E-state index in [1.807, 2.05) is 0 Å². The molecule has 2 aromatic rings. The fraction of sp³-hybridized carbons (Fsp3) is 0.333. The second-order valence-corrected chi connectivity index (χ2v) is 7.57. The summed E-state index contributed by atoms with van der Waals surface area (Å²) >= 11 is 2.29. The van der Waals surface area contributed by atoms with Crippen molar-refractivity contribution in [3.63, 3.8) is 0 Å². The largest absolute Gasteiger partial charge is 0.503 e. The molecule has 0 aliphatic rings. The molecule has 0 unspecified atom stereocenters. The molecule has 0 atom stereocenters. The predicted molar refractivity (Wildman–Crippen MR) is 117 cm³/mol. The van der Waals surface area contributed by atoms with Crippen LogP contribution in [-0.4, -0.2) is 29.6 Å². The van der Waals surface area contributed by atoms with E-state index in [1.54, 1.807) is 6.07 Å². The number of benzene rings is 1. The number of hydrogen-bond acceptors (Lipinski definition) is 5. The molecule has 0 saturated carbocycles. The lowest BCUT2D eigenvalue weighted by molar-refractivity contribution is -0.144. The highest BCUT2D eigenvalue weighted by Crippen LogP contribution is 2.39. The predicted octanol–water partition coefficient (Wildman–Crippen LogP) is 6.30. The molecule has 0 spiro atoms. The third-order valence-electron chi connectivity index (χ3n) is 3.80. The van der Waals surface area contributed by atoms with Crippen LogP contribution in [-0.2, 0) is 33.2 Å². The van der Waals surface area contributed by atoms with Crippen molar-refractivity contribution in [2.24, 2.45) is 0 Å². The summed E-state index contributed by atoms with van der Waals surface area (Å²) in [5.74, 6) is -1.80. The zero-order valence-electron chi connectivity index (χ0n) is 17.7. The van der Waals surface area contributed by atoms with Crippen molar-refractivity contribution >= 4 is 34.1 Å². The van der Waals surface area contributed by atoms with Gasteiger partial charge in [-0.15, -0.1) is 0 Å². The zero-order chi connectivity index (χ0) is 25.2. The Bertz CT molecular complexity index is 961. The molecular formula is C21H20F6INO4. The first-order valence-electron chi connectivity index (χ1n) is 9.13. The molecule has 0 bridgehead atoms. The van der Waals surface area contributed by atoms with Gasteiger partial charge in [-0.05, 0) is 21.6 Å². The van der Waals surface area contributed by atoms with Crippen molar-refractivity contribution in [3.8, 4) is 5.88 Å². The molecule has 12 heteroatoms. The van der Waals surface area contributed by atoms with E-state index < -0.39 is 41.9 Å². The van der Waals surface area contributed by atoms with Gasteiger partial charge in [0, 0.05) is 6.20 Å². The van der Waals surface area contributed by atoms with E-state index >= 15 is 0 Å². The third-order valence-corrected chi connectivity index (χ3v) is 3.80. The molecule has 0 N–H and O–H groups in total. The average Bonchev–Trinajstić information content (AvgIpc) is 2.75. The Hall–Kier alpha value is -2.51. The molecule has 0 aliphatic heterocycles. The maximum Gasteiger partial charge on any atom is 0.421 e. The fourth-order valence-electron chi connectivity index (χ4n) is 2.43. The summed E-state index contributed by atoms with van der Waals surface area (Å²) in [6.07, 6.45) is -8.79. The highest BCUT2D eigenvalue weighted by atomic mass is 127. The fourth-order valence-corrected chi connectivity index (χ4v) is 2.43. The number of carbonyl (C=O) groups excluding carboxylic acids is 1. The summed E-state index contributed by atoms with van der Waals surface area (Å²) in [6, 6.07) is 5.96. The van der Waals surface area contributed by atoms with Crippen molar-refractivity contribution in [3.05, 3.63) is 65.0 Å². The SMILES string of the molecule is CCI.CO/C=C(/C(=O)OC)c1ccccc1COc1ncc(C(F)(F)F)cc1C(F)(F)F. The van der Waals surface area contributed by atoms with E-state index in [-0.39, 0.29) is 29.0 Å². The number of rotatable bonds is 6. The molecule has 1 aromatic carbocycles. The van der Waals surface area contributed by atoms with Crippen LogP contribution in [0.2, 0.25) is 0 Å². The Morgan fingerprint density at radius 2 is 1.70 bits per heavy atom. The number of alkyl halides is 7. The lowest BCUT2D eigenvalue weighted by Crippen LogP contribution is -2.15. The number of carbonyl (C=O) groups is 1. The number of esters is 1. The summed E-state index contributed by atoms with van der Waals surface area (Å²) in [5, 5.41) is 0. The van der Waals surface area contributed by atoms with Crippen molar-refractivity contribution in [1.82, 2.24) is 4.98 Å². The smallest absolute Gasteiger partial charge is 0.421 e. The molecule has 0 radical (unpaired) electrons. The van der Waals surface area contributed by atoms with Crippen molar-refractivity contribution in [2.45, 2.75) is 25.9 Å². The standard InChI is InChI=1S/C19H15F6NO4.C2H5I/c1-28-10-14(17(27)29-2)13-6-4-3-5-11(13)9-30-16-15(19(23,24)25)7-12(8-26-16)18(20,21)22;1-2-3/h3-8,10H,9H2,1-2H3;2H2,1H3/b14-10+;. The summed E-state index contributed by atoms with van der Waals surface area (Å²) in [7, 11) is 2.41. The molecule has 0 saturated heterocycles. The lowest BCUT2D eigenvalue weighted by Gasteiger charge is -2.16. The van der Waals surface area contributed by atoms with Gasteiger partial charge < -0.3 is 14.2 Å². The van der Waals surface area contributed by atoms with E-state index in [9.17, 15) is 31.1 Å². The minimum Gasteiger partial charge on any atom is -0.503 e. The van der Waals surface area contributed by atoms with Crippen LogP contribution in [0.5, 0.6) is 5.88 Å². The van der Waals surface area contributed by atoms with E-state index in [2.05, 4.69) is 39.2 Å². The number of halogens is 7. The van der Waals surface area contributed by atoms with E-state index in [1.165, 1.54) is 29.7 Å². The van der Waals surface area contributed by atoms with Gasteiger partial charge in [-0.3, -0.25) is 0 Å². The van der Waals surface area contributed by atoms with Crippen molar-refractivity contribution in [2.75, 3.05) is 18.6 Å². The van der Waals surface area contributed by atoms with Crippen molar-refractivity contribution in [1.29, 1.82) is 0 Å². The Labute approximate surface area is 199 Å². The summed E-state index contributed by atoms with van der Waals surface area (Å²) < 4.78 is 93.7. The normalized spacial score (nSPS) is 11.9. The number of pyridine rings is 1. The molecule has 0 fully saturated rings. The Morgan fingerprint density at radius 1 is 1.09 bits per heavy atom. The first-order chi connectivity index (χ1) is 15.4. The second kappa shape index (κ2) is 12.7. The van der Waals surface area contributed by atoms with Crippen LogP contribution in [0.3, 0.4) is 0 Å². The second-order valence-electron chi connectivity index (χ2n) is 6.04. The monoisotopic (exact) mass is 591 g/mol. The van der Waals surface area contributed by atoms with Crippen molar-refractivity contribution < 1.29 is 45.3 Å².